The van der Waals surface area contributed by atoms with Crippen LogP contribution in [-0.4, -0.2) is 9.97 Å². The molecule has 0 N–H and O–H groups in total. The van der Waals surface area contributed by atoms with Gasteiger partial charge >= 0.3 is 0 Å². The SMILES string of the molecule is [2H]c1c([2H])c([2H])c2c(Br)nc(C([2H])([2H])[2H])nc2c1[2H]. The number of halogens is 1. The monoisotopic (exact) mass is 229 g/mol. The van der Waals surface area contributed by atoms with Gasteiger partial charge in [-0.25, -0.2) is 9.97 Å². The fraction of sp³-hybridized carbons (Fsp3) is 0.111. The molecule has 0 amide bonds. The second-order valence-electron chi connectivity index (χ2n) is 2.06. The lowest BCUT2D eigenvalue weighted by atomic mass is 10.2. The van der Waals surface area contributed by atoms with E-state index in [9.17, 15) is 0 Å². The largest absolute Gasteiger partial charge is 0.233 e. The van der Waals surface area contributed by atoms with Gasteiger partial charge in [-0.2, -0.15) is 0 Å². The molecule has 0 aliphatic carbocycles. The van der Waals surface area contributed by atoms with E-state index in [2.05, 4.69) is 25.9 Å². The molecule has 0 bridgehead atoms. The fourth-order valence-electron chi connectivity index (χ4n) is 0.819. The van der Waals surface area contributed by atoms with Crippen LogP contribution >= 0.6 is 15.9 Å². The van der Waals surface area contributed by atoms with Gasteiger partial charge in [-0.05, 0) is 28.8 Å². The molecule has 0 radical (unpaired) electrons. The van der Waals surface area contributed by atoms with E-state index in [1.54, 1.807) is 0 Å². The summed E-state index contributed by atoms with van der Waals surface area (Å²) >= 11 is 3.03. The molecule has 1 aromatic carbocycles. The van der Waals surface area contributed by atoms with Gasteiger partial charge in [0.2, 0.25) is 0 Å². The highest BCUT2D eigenvalue weighted by atomic mass is 79.9. The summed E-state index contributed by atoms with van der Waals surface area (Å²) in [6.07, 6.45) is 0. The Labute approximate surface area is 88.6 Å². The average molecular weight is 230 g/mol. The van der Waals surface area contributed by atoms with Crippen molar-refractivity contribution in [2.24, 2.45) is 0 Å². The van der Waals surface area contributed by atoms with E-state index in [0.717, 1.165) is 0 Å². The number of hydrogen-bond donors (Lipinski definition) is 0. The zero-order chi connectivity index (χ0) is 14.5. The summed E-state index contributed by atoms with van der Waals surface area (Å²) in [7, 11) is 0. The summed E-state index contributed by atoms with van der Waals surface area (Å²) in [6.45, 7) is -2.55. The Morgan fingerprint density at radius 1 is 1.42 bits per heavy atom. The number of benzene rings is 1. The molecule has 1 aromatic heterocycles. The van der Waals surface area contributed by atoms with Crippen LogP contribution in [0, 0.1) is 6.85 Å². The Morgan fingerprint density at radius 3 is 3.08 bits per heavy atom. The van der Waals surface area contributed by atoms with Crippen molar-refractivity contribution in [3.8, 4) is 0 Å². The Kier molecular flexibility index (Phi) is 0.723. The Balaban J connectivity index is 2.97. The summed E-state index contributed by atoms with van der Waals surface area (Å²) in [5.74, 6) is -0.461. The first-order chi connectivity index (χ1) is 8.64. The van der Waals surface area contributed by atoms with Crippen LogP contribution in [0.15, 0.2) is 28.8 Å². The molecular weight excluding hydrogens is 216 g/mol. The van der Waals surface area contributed by atoms with E-state index < -0.39 is 24.8 Å². The third-order valence-electron chi connectivity index (χ3n) is 1.30. The second-order valence-corrected chi connectivity index (χ2v) is 2.81. The Morgan fingerprint density at radius 2 is 2.25 bits per heavy atom. The van der Waals surface area contributed by atoms with Crippen molar-refractivity contribution in [1.82, 2.24) is 9.97 Å². The van der Waals surface area contributed by atoms with Gasteiger partial charge < -0.3 is 0 Å². The molecular formula is C9H7BrN2. The van der Waals surface area contributed by atoms with Gasteiger partial charge in [0.25, 0.3) is 0 Å². The summed E-state index contributed by atoms with van der Waals surface area (Å²) in [5, 5.41) is 0.0685. The van der Waals surface area contributed by atoms with E-state index >= 15 is 0 Å². The molecule has 0 unspecified atom stereocenters. The lowest BCUT2D eigenvalue weighted by Crippen LogP contribution is -1.89. The summed E-state index contributed by atoms with van der Waals surface area (Å²) in [6, 6.07) is -1.56. The molecule has 0 saturated carbocycles. The minimum Gasteiger partial charge on any atom is -0.233 e. The predicted octanol–water partition coefficient (Wildman–Crippen LogP) is 2.70. The molecule has 3 heteroatoms. The quantitative estimate of drug-likeness (QED) is 0.650. The van der Waals surface area contributed by atoms with Crippen LogP contribution in [-0.2, 0) is 0 Å². The summed E-state index contributed by atoms with van der Waals surface area (Å²) < 4.78 is 52.4. The highest BCUT2D eigenvalue weighted by molar-refractivity contribution is 9.10. The second kappa shape index (κ2) is 2.83. The normalized spacial score (nSPS) is 19.9. The van der Waals surface area contributed by atoms with Crippen LogP contribution in [0.5, 0.6) is 0 Å². The van der Waals surface area contributed by atoms with Crippen LogP contribution in [0.1, 0.15) is 15.4 Å². The maximum Gasteiger partial charge on any atom is 0.127 e. The zero-order valence-electron chi connectivity index (χ0n) is 12.8. The van der Waals surface area contributed by atoms with Gasteiger partial charge in [-0.1, -0.05) is 18.1 Å². The third kappa shape index (κ3) is 1.20. The standard InChI is InChI=1S/C9H7BrN2/c1-6-11-8-5-3-2-4-7(8)9(10)12-6/h2-5H,1H3/i1D3,2D,3D,4D,5D. The van der Waals surface area contributed by atoms with E-state index in [4.69, 9.17) is 9.60 Å². The number of aryl methyl sites for hydroxylation is 1. The highest BCUT2D eigenvalue weighted by Crippen LogP contribution is 2.19. The molecule has 1 heterocycles. The summed E-state index contributed by atoms with van der Waals surface area (Å²) in [5.41, 5.74) is -0.112. The minimum absolute atomic E-state index is 0.0376. The van der Waals surface area contributed by atoms with Crippen molar-refractivity contribution in [3.63, 3.8) is 0 Å². The van der Waals surface area contributed by atoms with Crippen molar-refractivity contribution >= 4 is 26.8 Å². The first-order valence-corrected chi connectivity index (χ1v) is 3.88. The van der Waals surface area contributed by atoms with E-state index in [1.807, 2.05) is 0 Å². The topological polar surface area (TPSA) is 25.8 Å². The van der Waals surface area contributed by atoms with Crippen LogP contribution in [0.2, 0.25) is 0 Å². The van der Waals surface area contributed by atoms with Crippen LogP contribution in [0.25, 0.3) is 10.9 Å². The van der Waals surface area contributed by atoms with Crippen molar-refractivity contribution in [2.75, 3.05) is 0 Å². The predicted molar refractivity (Wildman–Crippen MR) is 52.0 cm³/mol. The number of nitrogens with zero attached hydrogens (tertiary/aromatic N) is 2. The Hall–Kier alpha value is -0.960. The highest BCUT2D eigenvalue weighted by Gasteiger charge is 2.00. The van der Waals surface area contributed by atoms with Crippen molar-refractivity contribution in [3.05, 3.63) is 34.6 Å². The molecule has 0 atom stereocenters. The average Bonchev–Trinajstić information content (AvgIpc) is 2.31. The van der Waals surface area contributed by atoms with E-state index in [-0.39, 0.29) is 27.6 Å². The third-order valence-corrected chi connectivity index (χ3v) is 1.87. The molecule has 2 rings (SSSR count). The smallest absolute Gasteiger partial charge is 0.127 e. The van der Waals surface area contributed by atoms with E-state index in [1.165, 1.54) is 0 Å². The van der Waals surface area contributed by atoms with Gasteiger partial charge in [0, 0.05) is 9.50 Å². The molecule has 12 heavy (non-hydrogen) atoms. The first kappa shape index (κ1) is 3.07. The van der Waals surface area contributed by atoms with Crippen LogP contribution < -0.4 is 0 Å². The molecule has 2 nitrogen and oxygen atoms in total. The molecule has 0 fully saturated rings. The molecule has 0 spiro atoms. The molecule has 0 saturated heterocycles. The van der Waals surface area contributed by atoms with Crippen molar-refractivity contribution in [2.45, 2.75) is 6.85 Å². The van der Waals surface area contributed by atoms with Gasteiger partial charge in [0.15, 0.2) is 0 Å². The number of fused-ring (bicyclic) bond motifs is 1. The van der Waals surface area contributed by atoms with Gasteiger partial charge in [0.05, 0.1) is 11.0 Å². The van der Waals surface area contributed by atoms with Gasteiger partial charge in [-0.3, -0.25) is 0 Å². The minimum atomic E-state index is -2.55. The lowest BCUT2D eigenvalue weighted by molar-refractivity contribution is 1.07. The maximum atomic E-state index is 7.75. The molecule has 60 valence electrons. The molecule has 0 aliphatic rings. The fourth-order valence-corrected chi connectivity index (χ4v) is 1.27. The Bertz CT molecular complexity index is 683. The maximum absolute atomic E-state index is 7.75. The van der Waals surface area contributed by atoms with Crippen molar-refractivity contribution in [1.29, 1.82) is 0 Å². The first-order valence-electron chi connectivity index (χ1n) is 6.58. The van der Waals surface area contributed by atoms with E-state index in [0.29, 0.717) is 0 Å². The van der Waals surface area contributed by atoms with Crippen LogP contribution in [0.4, 0.5) is 0 Å². The van der Waals surface area contributed by atoms with Crippen LogP contribution in [0.3, 0.4) is 0 Å². The molecule has 2 aromatic rings. The summed E-state index contributed by atoms with van der Waals surface area (Å²) in [4.78, 5) is 7.50. The zero-order valence-corrected chi connectivity index (χ0v) is 7.36. The number of hydrogen-bond acceptors (Lipinski definition) is 2. The van der Waals surface area contributed by atoms with Crippen molar-refractivity contribution < 1.29 is 9.60 Å². The number of aromatic nitrogens is 2. The number of rotatable bonds is 0. The lowest BCUT2D eigenvalue weighted by Gasteiger charge is -1.99. The number of para-hydroxylation sites is 1. The van der Waals surface area contributed by atoms with Gasteiger partial charge in [0.1, 0.15) is 10.4 Å². The van der Waals surface area contributed by atoms with Gasteiger partial charge in [-0.15, -0.1) is 0 Å². The molecule has 0 aliphatic heterocycles.